The lowest BCUT2D eigenvalue weighted by Gasteiger charge is -2.42. The number of halogens is 1. The maximum Gasteiger partial charge on any atom is 0.224 e. The summed E-state index contributed by atoms with van der Waals surface area (Å²) in [5.41, 5.74) is 1.17. The highest BCUT2D eigenvalue weighted by Crippen LogP contribution is 2.46. The molecule has 1 saturated carbocycles. The van der Waals surface area contributed by atoms with Crippen molar-refractivity contribution in [1.29, 1.82) is 0 Å². The molecule has 1 amide bonds. The fourth-order valence-corrected chi connectivity index (χ4v) is 7.55. The number of unbranched alkanes of at least 4 members (excludes halogenated alkanes) is 1. The average Bonchev–Trinajstić information content (AvgIpc) is 2.75. The second-order valence-corrected chi connectivity index (χ2v) is 11.2. The van der Waals surface area contributed by atoms with E-state index in [-0.39, 0.29) is 24.0 Å². The Labute approximate surface area is 171 Å². The summed E-state index contributed by atoms with van der Waals surface area (Å²) in [6.45, 7) is 1.02. The summed E-state index contributed by atoms with van der Waals surface area (Å²) in [5, 5.41) is 0.913. The smallest absolute Gasteiger partial charge is 0.224 e. The largest absolute Gasteiger partial charge is 0.342 e. The van der Waals surface area contributed by atoms with Crippen molar-refractivity contribution in [3.05, 3.63) is 35.9 Å². The maximum absolute atomic E-state index is 13.4. The highest BCUT2D eigenvalue weighted by molar-refractivity contribution is 9.09. The van der Waals surface area contributed by atoms with Gasteiger partial charge < -0.3 is 4.90 Å². The van der Waals surface area contributed by atoms with Crippen molar-refractivity contribution in [2.45, 2.75) is 56.1 Å². The first-order valence-corrected chi connectivity index (χ1v) is 12.9. The summed E-state index contributed by atoms with van der Waals surface area (Å²) in [4.78, 5) is 14.8. The number of carbonyl (C=O) groups is 1. The number of hydrogen-bond acceptors (Lipinski definition) is 3. The first kappa shape index (κ1) is 20.8. The standard InChI is InChI=1S/C21H30BrNO3S/c22-12-6-7-13-23-14-15-27(25,26)21(17-20(23)24)11-5-4-10-19(21)16-18-8-2-1-3-9-18/h1-3,8-9,19H,4-7,10-17H2. The van der Waals surface area contributed by atoms with Crippen molar-refractivity contribution in [3.8, 4) is 0 Å². The number of alkyl halides is 1. The molecule has 1 aromatic rings. The molecule has 0 N–H and O–H groups in total. The molecule has 3 rings (SSSR count). The topological polar surface area (TPSA) is 54.5 Å². The van der Waals surface area contributed by atoms with Gasteiger partial charge >= 0.3 is 0 Å². The fourth-order valence-electron chi connectivity index (χ4n) is 4.78. The second-order valence-electron chi connectivity index (χ2n) is 7.97. The van der Waals surface area contributed by atoms with Gasteiger partial charge in [-0.05, 0) is 43.6 Å². The van der Waals surface area contributed by atoms with Crippen LogP contribution in [0.25, 0.3) is 0 Å². The third kappa shape index (κ3) is 4.58. The van der Waals surface area contributed by atoms with Crippen LogP contribution in [0.15, 0.2) is 30.3 Å². The first-order valence-electron chi connectivity index (χ1n) is 10.1. The fraction of sp³-hybridized carbons (Fsp3) is 0.667. The van der Waals surface area contributed by atoms with Crippen molar-refractivity contribution in [1.82, 2.24) is 4.90 Å². The summed E-state index contributed by atoms with van der Waals surface area (Å²) in [6, 6.07) is 10.1. The normalized spacial score (nSPS) is 28.3. The van der Waals surface area contributed by atoms with Crippen LogP contribution >= 0.6 is 15.9 Å². The molecule has 6 heteroatoms. The summed E-state index contributed by atoms with van der Waals surface area (Å²) < 4.78 is 26.0. The minimum atomic E-state index is -3.32. The molecule has 150 valence electrons. The van der Waals surface area contributed by atoms with E-state index in [1.807, 2.05) is 18.2 Å². The predicted molar refractivity (Wildman–Crippen MR) is 113 cm³/mol. The molecule has 1 spiro atoms. The Morgan fingerprint density at radius 3 is 2.67 bits per heavy atom. The number of amides is 1. The number of carbonyl (C=O) groups excluding carboxylic acids is 1. The van der Waals surface area contributed by atoms with Gasteiger partial charge in [0.15, 0.2) is 9.84 Å². The van der Waals surface area contributed by atoms with E-state index in [1.54, 1.807) is 4.90 Å². The van der Waals surface area contributed by atoms with Gasteiger partial charge in [0.2, 0.25) is 5.91 Å². The predicted octanol–water partition coefficient (Wildman–Crippen LogP) is 3.98. The zero-order chi connectivity index (χ0) is 19.3. The molecule has 27 heavy (non-hydrogen) atoms. The zero-order valence-electron chi connectivity index (χ0n) is 15.9. The van der Waals surface area contributed by atoms with Crippen LogP contribution in [0.2, 0.25) is 0 Å². The van der Waals surface area contributed by atoms with Gasteiger partial charge in [0, 0.05) is 24.8 Å². The van der Waals surface area contributed by atoms with Crippen molar-refractivity contribution in [3.63, 3.8) is 0 Å². The number of benzene rings is 1. The summed E-state index contributed by atoms with van der Waals surface area (Å²) in [5.74, 6) is 0.175. The van der Waals surface area contributed by atoms with Gasteiger partial charge in [-0.15, -0.1) is 0 Å². The molecule has 2 atom stereocenters. The van der Waals surface area contributed by atoms with Gasteiger partial charge in [0.05, 0.1) is 10.5 Å². The van der Waals surface area contributed by atoms with E-state index in [4.69, 9.17) is 0 Å². The molecule has 0 radical (unpaired) electrons. The molecule has 2 fully saturated rings. The third-order valence-corrected chi connectivity index (χ3v) is 9.54. The molecule has 2 aliphatic rings. The Bertz CT molecular complexity index is 737. The van der Waals surface area contributed by atoms with Crippen LogP contribution in [-0.2, 0) is 21.1 Å². The Morgan fingerprint density at radius 2 is 1.93 bits per heavy atom. The van der Waals surface area contributed by atoms with Gasteiger partial charge in [-0.2, -0.15) is 0 Å². The quantitative estimate of drug-likeness (QED) is 0.481. The van der Waals surface area contributed by atoms with Crippen LogP contribution < -0.4 is 0 Å². The molecule has 0 aromatic heterocycles. The number of hydrogen-bond donors (Lipinski definition) is 0. The Balaban J connectivity index is 1.86. The molecule has 1 saturated heterocycles. The van der Waals surface area contributed by atoms with Crippen molar-refractivity contribution in [2.24, 2.45) is 5.92 Å². The molecular weight excluding hydrogens is 426 g/mol. The monoisotopic (exact) mass is 455 g/mol. The zero-order valence-corrected chi connectivity index (χ0v) is 18.3. The van der Waals surface area contributed by atoms with E-state index in [9.17, 15) is 13.2 Å². The minimum absolute atomic E-state index is 0.0325. The first-order chi connectivity index (χ1) is 13.0. The van der Waals surface area contributed by atoms with Crippen molar-refractivity contribution >= 4 is 31.7 Å². The van der Waals surface area contributed by atoms with Crippen molar-refractivity contribution in [2.75, 3.05) is 24.2 Å². The molecule has 1 aliphatic heterocycles. The second kappa shape index (κ2) is 9.08. The van der Waals surface area contributed by atoms with E-state index < -0.39 is 14.6 Å². The molecule has 1 aromatic carbocycles. The molecule has 1 aliphatic carbocycles. The van der Waals surface area contributed by atoms with Crippen LogP contribution in [0.5, 0.6) is 0 Å². The van der Waals surface area contributed by atoms with Gasteiger partial charge in [0.1, 0.15) is 0 Å². The molecule has 4 nitrogen and oxygen atoms in total. The number of rotatable bonds is 6. The third-order valence-electron chi connectivity index (χ3n) is 6.34. The van der Waals surface area contributed by atoms with Crippen LogP contribution in [0.1, 0.15) is 50.5 Å². The minimum Gasteiger partial charge on any atom is -0.342 e. The van der Waals surface area contributed by atoms with E-state index >= 15 is 0 Å². The summed E-state index contributed by atoms with van der Waals surface area (Å²) in [7, 11) is -3.32. The van der Waals surface area contributed by atoms with Gasteiger partial charge in [-0.1, -0.05) is 59.1 Å². The summed E-state index contributed by atoms with van der Waals surface area (Å²) in [6.07, 6.45) is 6.31. The molecule has 2 unspecified atom stereocenters. The van der Waals surface area contributed by atoms with Crippen LogP contribution in [-0.4, -0.2) is 48.1 Å². The average molecular weight is 456 g/mol. The highest BCUT2D eigenvalue weighted by Gasteiger charge is 2.53. The highest BCUT2D eigenvalue weighted by atomic mass is 79.9. The van der Waals surface area contributed by atoms with E-state index in [0.717, 1.165) is 43.9 Å². The van der Waals surface area contributed by atoms with E-state index in [2.05, 4.69) is 28.1 Å². The van der Waals surface area contributed by atoms with E-state index in [1.165, 1.54) is 5.56 Å². The molecule has 0 bridgehead atoms. The maximum atomic E-state index is 13.4. The lowest BCUT2D eigenvalue weighted by molar-refractivity contribution is -0.132. The Morgan fingerprint density at radius 1 is 1.15 bits per heavy atom. The SMILES string of the molecule is O=C1CC2(CCCCC2Cc2ccccc2)S(=O)(=O)CCN1CCCCBr. The van der Waals surface area contributed by atoms with Crippen LogP contribution in [0, 0.1) is 5.92 Å². The lowest BCUT2D eigenvalue weighted by Crippen LogP contribution is -2.50. The van der Waals surface area contributed by atoms with Crippen molar-refractivity contribution < 1.29 is 13.2 Å². The van der Waals surface area contributed by atoms with E-state index in [0.29, 0.717) is 19.5 Å². The van der Waals surface area contributed by atoms with Crippen LogP contribution in [0.3, 0.4) is 0 Å². The molecular formula is C21H30BrNO3S. The number of sulfone groups is 1. The Hall–Kier alpha value is -0.880. The van der Waals surface area contributed by atoms with Gasteiger partial charge in [-0.25, -0.2) is 8.42 Å². The lowest BCUT2D eigenvalue weighted by atomic mass is 9.73. The Kier molecular flexibility index (Phi) is 7.01. The number of nitrogens with zero attached hydrogens (tertiary/aromatic N) is 1. The van der Waals surface area contributed by atoms with Crippen LogP contribution in [0.4, 0.5) is 0 Å². The van der Waals surface area contributed by atoms with Gasteiger partial charge in [0.25, 0.3) is 0 Å². The van der Waals surface area contributed by atoms with Gasteiger partial charge in [-0.3, -0.25) is 4.79 Å². The molecule has 1 heterocycles. The summed E-state index contributed by atoms with van der Waals surface area (Å²) >= 11 is 3.42.